The molecular weight excluding hydrogens is 348 g/mol. The predicted octanol–water partition coefficient (Wildman–Crippen LogP) is 2.70. The number of aromatic nitrogens is 1. The lowest BCUT2D eigenvalue weighted by atomic mass is 10.1. The van der Waals surface area contributed by atoms with Crippen LogP contribution in [0.1, 0.15) is 32.0 Å². The van der Waals surface area contributed by atoms with Crippen molar-refractivity contribution in [3.05, 3.63) is 57.3 Å². The summed E-state index contributed by atoms with van der Waals surface area (Å²) in [7, 11) is 0. The third-order valence-corrected chi connectivity index (χ3v) is 4.27. The SMILES string of the molecule is Cc1cc(CCN2C(=O)c3cccnc3C2=O)cc(Br)c1O. The van der Waals surface area contributed by atoms with Crippen molar-refractivity contribution in [1.29, 1.82) is 0 Å². The van der Waals surface area contributed by atoms with E-state index < -0.39 is 0 Å². The van der Waals surface area contributed by atoms with Crippen LogP contribution in [0.4, 0.5) is 0 Å². The number of aromatic hydroxyl groups is 1. The fraction of sp³-hybridized carbons (Fsp3) is 0.188. The Hall–Kier alpha value is -2.21. The Kier molecular flexibility index (Phi) is 3.70. The van der Waals surface area contributed by atoms with E-state index in [-0.39, 0.29) is 29.8 Å². The smallest absolute Gasteiger partial charge is 0.280 e. The lowest BCUT2D eigenvalue weighted by molar-refractivity contribution is 0.0654. The van der Waals surface area contributed by atoms with E-state index in [9.17, 15) is 14.7 Å². The van der Waals surface area contributed by atoms with E-state index in [0.29, 0.717) is 16.5 Å². The van der Waals surface area contributed by atoms with Crippen LogP contribution in [-0.4, -0.2) is 33.3 Å². The number of fused-ring (bicyclic) bond motifs is 1. The molecule has 2 heterocycles. The van der Waals surface area contributed by atoms with Gasteiger partial charge < -0.3 is 5.11 Å². The molecule has 1 aromatic carbocycles. The van der Waals surface area contributed by atoms with Crippen LogP contribution in [0, 0.1) is 6.92 Å². The van der Waals surface area contributed by atoms with Crippen LogP contribution in [0.2, 0.25) is 0 Å². The van der Waals surface area contributed by atoms with Crippen molar-refractivity contribution < 1.29 is 14.7 Å². The molecular formula is C16H13BrN2O3. The number of carbonyl (C=O) groups is 2. The Bertz CT molecular complexity index is 731. The van der Waals surface area contributed by atoms with Crippen LogP contribution in [-0.2, 0) is 6.42 Å². The molecule has 22 heavy (non-hydrogen) atoms. The lowest BCUT2D eigenvalue weighted by Gasteiger charge is -2.14. The maximum absolute atomic E-state index is 12.2. The van der Waals surface area contributed by atoms with Crippen molar-refractivity contribution in [3.63, 3.8) is 0 Å². The van der Waals surface area contributed by atoms with Gasteiger partial charge in [0.1, 0.15) is 11.4 Å². The van der Waals surface area contributed by atoms with Gasteiger partial charge in [0.15, 0.2) is 0 Å². The van der Waals surface area contributed by atoms with Crippen molar-refractivity contribution in [1.82, 2.24) is 9.88 Å². The first-order chi connectivity index (χ1) is 10.5. The van der Waals surface area contributed by atoms with Gasteiger partial charge in [0, 0.05) is 12.7 Å². The Morgan fingerprint density at radius 3 is 2.73 bits per heavy atom. The molecule has 2 aromatic rings. The summed E-state index contributed by atoms with van der Waals surface area (Å²) in [5, 5.41) is 9.74. The topological polar surface area (TPSA) is 70.5 Å². The third kappa shape index (κ3) is 2.39. The highest BCUT2D eigenvalue weighted by Gasteiger charge is 2.36. The molecule has 0 bridgehead atoms. The van der Waals surface area contributed by atoms with Crippen LogP contribution in [0.25, 0.3) is 0 Å². The van der Waals surface area contributed by atoms with Gasteiger partial charge in [0.25, 0.3) is 11.8 Å². The van der Waals surface area contributed by atoms with Gasteiger partial charge in [-0.1, -0.05) is 6.07 Å². The third-order valence-electron chi connectivity index (χ3n) is 3.67. The largest absolute Gasteiger partial charge is 0.506 e. The fourth-order valence-corrected chi connectivity index (χ4v) is 3.12. The van der Waals surface area contributed by atoms with Crippen molar-refractivity contribution in [2.24, 2.45) is 0 Å². The second-order valence-electron chi connectivity index (χ2n) is 5.15. The number of benzene rings is 1. The van der Waals surface area contributed by atoms with Gasteiger partial charge in [-0.25, -0.2) is 0 Å². The first-order valence-corrected chi connectivity index (χ1v) is 7.57. The highest BCUT2D eigenvalue weighted by molar-refractivity contribution is 9.10. The molecule has 2 amide bonds. The molecule has 0 saturated carbocycles. The van der Waals surface area contributed by atoms with Gasteiger partial charge in [-0.3, -0.25) is 19.5 Å². The average Bonchev–Trinajstić information content (AvgIpc) is 2.75. The van der Waals surface area contributed by atoms with E-state index in [4.69, 9.17) is 0 Å². The zero-order valence-electron chi connectivity index (χ0n) is 11.8. The summed E-state index contributed by atoms with van der Waals surface area (Å²) in [5.41, 5.74) is 2.26. The Balaban J connectivity index is 1.79. The summed E-state index contributed by atoms with van der Waals surface area (Å²) in [6.07, 6.45) is 2.03. The van der Waals surface area contributed by atoms with Gasteiger partial charge in [0.05, 0.1) is 10.0 Å². The van der Waals surface area contributed by atoms with E-state index in [0.717, 1.165) is 11.1 Å². The molecule has 1 N–H and O–H groups in total. The zero-order chi connectivity index (χ0) is 15.9. The molecule has 0 unspecified atom stereocenters. The van der Waals surface area contributed by atoms with E-state index in [1.165, 1.54) is 11.1 Å². The number of phenols is 1. The molecule has 0 aliphatic carbocycles. The maximum Gasteiger partial charge on any atom is 0.280 e. The number of aryl methyl sites for hydroxylation is 1. The summed E-state index contributed by atoms with van der Waals surface area (Å²) in [5.74, 6) is -0.452. The maximum atomic E-state index is 12.2. The first kappa shape index (κ1) is 14.7. The lowest BCUT2D eigenvalue weighted by Crippen LogP contribution is -2.31. The minimum absolute atomic E-state index is 0.202. The van der Waals surface area contributed by atoms with Crippen LogP contribution in [0.5, 0.6) is 5.75 Å². The van der Waals surface area contributed by atoms with Gasteiger partial charge in [-0.2, -0.15) is 0 Å². The summed E-state index contributed by atoms with van der Waals surface area (Å²) in [6, 6.07) is 6.90. The van der Waals surface area contributed by atoms with E-state index in [1.54, 1.807) is 25.1 Å². The van der Waals surface area contributed by atoms with Crippen molar-refractivity contribution in [2.45, 2.75) is 13.3 Å². The van der Waals surface area contributed by atoms with Gasteiger partial charge in [-0.05, 0) is 58.6 Å². The number of rotatable bonds is 3. The minimum Gasteiger partial charge on any atom is -0.506 e. The highest BCUT2D eigenvalue weighted by Crippen LogP contribution is 2.29. The fourth-order valence-electron chi connectivity index (χ4n) is 2.51. The molecule has 1 aromatic heterocycles. The van der Waals surface area contributed by atoms with E-state index >= 15 is 0 Å². The van der Waals surface area contributed by atoms with Crippen LogP contribution in [0.15, 0.2) is 34.9 Å². The normalized spacial score (nSPS) is 13.6. The van der Waals surface area contributed by atoms with E-state index in [2.05, 4.69) is 20.9 Å². The number of imide groups is 1. The number of amides is 2. The second kappa shape index (κ2) is 5.53. The van der Waals surface area contributed by atoms with Crippen molar-refractivity contribution >= 4 is 27.7 Å². The minimum atomic E-state index is -0.352. The summed E-state index contributed by atoms with van der Waals surface area (Å²) >= 11 is 3.29. The molecule has 3 rings (SSSR count). The zero-order valence-corrected chi connectivity index (χ0v) is 13.4. The predicted molar refractivity (Wildman–Crippen MR) is 83.9 cm³/mol. The summed E-state index contributed by atoms with van der Waals surface area (Å²) in [6.45, 7) is 2.08. The van der Waals surface area contributed by atoms with E-state index in [1.807, 2.05) is 6.07 Å². The molecule has 112 valence electrons. The Labute approximate surface area is 135 Å². The number of carbonyl (C=O) groups excluding carboxylic acids is 2. The molecule has 1 aliphatic heterocycles. The number of halogens is 1. The highest BCUT2D eigenvalue weighted by atomic mass is 79.9. The molecule has 0 atom stereocenters. The van der Waals surface area contributed by atoms with Crippen LogP contribution in [0.3, 0.4) is 0 Å². The van der Waals surface area contributed by atoms with Crippen molar-refractivity contribution in [2.75, 3.05) is 6.54 Å². The number of nitrogens with zero attached hydrogens (tertiary/aromatic N) is 2. The van der Waals surface area contributed by atoms with Crippen LogP contribution < -0.4 is 0 Å². The summed E-state index contributed by atoms with van der Waals surface area (Å²) in [4.78, 5) is 29.6. The quantitative estimate of drug-likeness (QED) is 0.854. The molecule has 6 heteroatoms. The number of phenolic OH excluding ortho intramolecular Hbond substituents is 1. The number of hydrogen-bond donors (Lipinski definition) is 1. The molecule has 1 aliphatic rings. The van der Waals surface area contributed by atoms with Crippen molar-refractivity contribution in [3.8, 4) is 5.75 Å². The Morgan fingerprint density at radius 1 is 1.27 bits per heavy atom. The second-order valence-corrected chi connectivity index (χ2v) is 6.01. The van der Waals surface area contributed by atoms with Crippen LogP contribution >= 0.6 is 15.9 Å². The molecule has 0 saturated heterocycles. The average molecular weight is 361 g/mol. The number of pyridine rings is 1. The monoisotopic (exact) mass is 360 g/mol. The molecule has 5 nitrogen and oxygen atoms in total. The number of hydrogen-bond acceptors (Lipinski definition) is 4. The molecule has 0 fully saturated rings. The van der Waals surface area contributed by atoms with Gasteiger partial charge >= 0.3 is 0 Å². The summed E-state index contributed by atoms with van der Waals surface area (Å²) < 4.78 is 0.603. The Morgan fingerprint density at radius 2 is 2.05 bits per heavy atom. The molecule has 0 radical (unpaired) electrons. The van der Waals surface area contributed by atoms with Gasteiger partial charge in [0.2, 0.25) is 0 Å². The standard InChI is InChI=1S/C16H13BrN2O3/c1-9-7-10(8-12(17)14(9)20)4-6-19-15(21)11-3-2-5-18-13(11)16(19)22/h2-3,5,7-8,20H,4,6H2,1H3. The molecule has 0 spiro atoms. The van der Waals surface area contributed by atoms with Gasteiger partial charge in [-0.15, -0.1) is 0 Å². The first-order valence-electron chi connectivity index (χ1n) is 6.78.